The van der Waals surface area contributed by atoms with Crippen molar-refractivity contribution in [3.05, 3.63) is 88.4 Å². The van der Waals surface area contributed by atoms with E-state index in [0.717, 1.165) is 42.0 Å². The number of halogens is 2. The summed E-state index contributed by atoms with van der Waals surface area (Å²) in [5, 5.41) is 3.95. The van der Waals surface area contributed by atoms with Crippen LogP contribution in [0.4, 0.5) is 5.69 Å². The lowest BCUT2D eigenvalue weighted by Gasteiger charge is -2.34. The van der Waals surface area contributed by atoms with Gasteiger partial charge < -0.3 is 15.0 Å². The summed E-state index contributed by atoms with van der Waals surface area (Å²) >= 11 is 12.4. The van der Waals surface area contributed by atoms with E-state index >= 15 is 0 Å². The number of hydrogen-bond donors (Lipinski definition) is 1. The average molecular weight is 647 g/mol. The zero-order valence-electron chi connectivity index (χ0n) is 24.3. The highest BCUT2D eigenvalue weighted by molar-refractivity contribution is 7.92. The fourth-order valence-corrected chi connectivity index (χ4v) is 7.07. The van der Waals surface area contributed by atoms with Crippen LogP contribution in [-0.4, -0.2) is 50.9 Å². The quantitative estimate of drug-likeness (QED) is 0.244. The number of carbonyl (C=O) groups is 2. The van der Waals surface area contributed by atoms with E-state index in [-0.39, 0.29) is 39.8 Å². The van der Waals surface area contributed by atoms with Gasteiger partial charge in [-0.3, -0.25) is 13.9 Å². The van der Waals surface area contributed by atoms with Crippen LogP contribution >= 0.6 is 23.2 Å². The molecule has 3 aromatic carbocycles. The number of benzene rings is 3. The molecule has 1 fully saturated rings. The summed E-state index contributed by atoms with van der Waals surface area (Å²) in [5.74, 6) is -0.584. The molecule has 0 saturated heterocycles. The highest BCUT2D eigenvalue weighted by Crippen LogP contribution is 2.35. The highest BCUT2D eigenvalue weighted by atomic mass is 35.5. The van der Waals surface area contributed by atoms with E-state index in [2.05, 4.69) is 5.32 Å². The first-order valence-electron chi connectivity index (χ1n) is 14.4. The lowest BCUT2D eigenvalue weighted by Crippen LogP contribution is -2.54. The van der Waals surface area contributed by atoms with Gasteiger partial charge in [-0.2, -0.15) is 0 Å². The average Bonchev–Trinajstić information content (AvgIpc) is 3.01. The van der Waals surface area contributed by atoms with E-state index in [4.69, 9.17) is 27.9 Å². The summed E-state index contributed by atoms with van der Waals surface area (Å²) < 4.78 is 34.6. The molecule has 0 spiro atoms. The summed E-state index contributed by atoms with van der Waals surface area (Å²) in [4.78, 5) is 29.4. The second-order valence-electron chi connectivity index (χ2n) is 10.6. The van der Waals surface area contributed by atoms with Gasteiger partial charge in [0.05, 0.1) is 17.7 Å². The molecule has 1 atom stereocenters. The second-order valence-corrected chi connectivity index (χ2v) is 13.3. The van der Waals surface area contributed by atoms with Gasteiger partial charge in [0.15, 0.2) is 0 Å². The molecule has 11 heteroatoms. The molecule has 2 amide bonds. The van der Waals surface area contributed by atoms with Crippen molar-refractivity contribution < 1.29 is 22.7 Å². The lowest BCUT2D eigenvalue weighted by atomic mass is 9.95. The van der Waals surface area contributed by atoms with Crippen LogP contribution in [-0.2, 0) is 26.2 Å². The summed E-state index contributed by atoms with van der Waals surface area (Å²) in [7, 11) is -2.84. The third kappa shape index (κ3) is 8.22. The van der Waals surface area contributed by atoms with Crippen molar-refractivity contribution in [2.45, 2.75) is 69.0 Å². The van der Waals surface area contributed by atoms with Crippen molar-refractivity contribution in [2.75, 3.05) is 18.0 Å². The van der Waals surface area contributed by atoms with Crippen LogP contribution in [0, 0.1) is 0 Å². The summed E-state index contributed by atoms with van der Waals surface area (Å²) in [6, 6.07) is 18.6. The molecule has 1 saturated carbocycles. The van der Waals surface area contributed by atoms with Crippen LogP contribution in [0.5, 0.6) is 5.75 Å². The Morgan fingerprint density at radius 2 is 1.60 bits per heavy atom. The van der Waals surface area contributed by atoms with E-state index in [0.29, 0.717) is 11.4 Å². The third-order valence-electron chi connectivity index (χ3n) is 7.62. The smallest absolute Gasteiger partial charge is 0.264 e. The fraction of sp³-hybridized carbons (Fsp3) is 0.375. The van der Waals surface area contributed by atoms with Crippen molar-refractivity contribution in [3.8, 4) is 5.75 Å². The second kappa shape index (κ2) is 14.9. The molecule has 230 valence electrons. The lowest BCUT2D eigenvalue weighted by molar-refractivity contribution is -0.140. The Morgan fingerprint density at radius 3 is 2.23 bits per heavy atom. The molecule has 1 aliphatic carbocycles. The van der Waals surface area contributed by atoms with Gasteiger partial charge in [0.1, 0.15) is 18.3 Å². The van der Waals surface area contributed by atoms with Crippen LogP contribution in [0.25, 0.3) is 0 Å². The van der Waals surface area contributed by atoms with E-state index < -0.39 is 28.5 Å². The molecular formula is C32H37Cl2N3O5S. The molecule has 0 aromatic heterocycles. The molecule has 0 heterocycles. The Morgan fingerprint density at radius 1 is 0.953 bits per heavy atom. The molecule has 0 radical (unpaired) electrons. The molecule has 1 aliphatic rings. The van der Waals surface area contributed by atoms with Gasteiger partial charge in [-0.1, -0.05) is 79.7 Å². The van der Waals surface area contributed by atoms with Gasteiger partial charge in [-0.15, -0.1) is 0 Å². The SMILES string of the molecule is CC[C@@H](C(=O)NC1CCCCC1)N(Cc1ccc(Cl)cc1)C(=O)CN(c1cc(Cl)ccc1OC)S(=O)(=O)c1ccccc1. The number of carbonyl (C=O) groups excluding carboxylic acids is 2. The minimum Gasteiger partial charge on any atom is -0.495 e. The van der Waals surface area contributed by atoms with E-state index in [1.54, 1.807) is 54.6 Å². The highest BCUT2D eigenvalue weighted by Gasteiger charge is 2.35. The first kappa shape index (κ1) is 32.6. The monoisotopic (exact) mass is 645 g/mol. The van der Waals surface area contributed by atoms with Gasteiger partial charge in [0, 0.05) is 22.6 Å². The number of sulfonamides is 1. The van der Waals surface area contributed by atoms with E-state index in [1.807, 2.05) is 6.92 Å². The number of hydrogen-bond acceptors (Lipinski definition) is 5. The Hall–Kier alpha value is -3.27. The topological polar surface area (TPSA) is 96.0 Å². The summed E-state index contributed by atoms with van der Waals surface area (Å²) in [6.45, 7) is 1.33. The zero-order valence-corrected chi connectivity index (χ0v) is 26.7. The van der Waals surface area contributed by atoms with Gasteiger partial charge in [0.2, 0.25) is 11.8 Å². The Labute approximate surface area is 264 Å². The number of ether oxygens (including phenoxy) is 1. The number of nitrogens with zero attached hydrogens (tertiary/aromatic N) is 2. The van der Waals surface area contributed by atoms with Crippen LogP contribution < -0.4 is 14.4 Å². The number of anilines is 1. The van der Waals surface area contributed by atoms with Crippen molar-refractivity contribution in [2.24, 2.45) is 0 Å². The maximum atomic E-state index is 14.3. The Bertz CT molecular complexity index is 1500. The number of methoxy groups -OCH3 is 1. The Balaban J connectivity index is 1.74. The normalized spacial score (nSPS) is 14.5. The molecule has 4 rings (SSSR count). The molecule has 0 unspecified atom stereocenters. The molecule has 1 N–H and O–H groups in total. The molecular weight excluding hydrogens is 609 g/mol. The number of amides is 2. The van der Waals surface area contributed by atoms with Crippen LogP contribution in [0.1, 0.15) is 51.0 Å². The molecule has 0 aliphatic heterocycles. The molecule has 0 bridgehead atoms. The zero-order chi connectivity index (χ0) is 31.0. The fourth-order valence-electron chi connectivity index (χ4n) is 5.34. The molecule has 3 aromatic rings. The summed E-state index contributed by atoms with van der Waals surface area (Å²) in [5.41, 5.74) is 0.859. The predicted octanol–water partition coefficient (Wildman–Crippen LogP) is 6.45. The molecule has 8 nitrogen and oxygen atoms in total. The van der Waals surface area contributed by atoms with E-state index in [9.17, 15) is 18.0 Å². The summed E-state index contributed by atoms with van der Waals surface area (Å²) in [6.07, 6.45) is 5.36. The van der Waals surface area contributed by atoms with Gasteiger partial charge in [-0.25, -0.2) is 8.42 Å². The number of nitrogens with one attached hydrogen (secondary N) is 1. The third-order valence-corrected chi connectivity index (χ3v) is 9.88. The molecule has 43 heavy (non-hydrogen) atoms. The largest absolute Gasteiger partial charge is 0.495 e. The van der Waals surface area contributed by atoms with Crippen molar-refractivity contribution in [1.82, 2.24) is 10.2 Å². The van der Waals surface area contributed by atoms with Crippen LogP contribution in [0.2, 0.25) is 10.0 Å². The first-order valence-corrected chi connectivity index (χ1v) is 16.6. The Kier molecular flexibility index (Phi) is 11.3. The van der Waals surface area contributed by atoms with Gasteiger partial charge >= 0.3 is 0 Å². The van der Waals surface area contributed by atoms with Crippen molar-refractivity contribution in [3.63, 3.8) is 0 Å². The van der Waals surface area contributed by atoms with E-state index in [1.165, 1.54) is 30.2 Å². The maximum Gasteiger partial charge on any atom is 0.264 e. The minimum absolute atomic E-state index is 0.00355. The minimum atomic E-state index is -4.26. The van der Waals surface area contributed by atoms with Crippen LogP contribution in [0.15, 0.2) is 77.7 Å². The first-order chi connectivity index (χ1) is 20.6. The maximum absolute atomic E-state index is 14.3. The standard InChI is InChI=1S/C32H37Cl2N3O5S/c1-3-28(32(39)35-26-10-6-4-7-11-26)36(21-23-14-16-24(33)17-15-23)31(38)22-37(29-20-25(34)18-19-30(29)42-2)43(40,41)27-12-8-5-9-13-27/h5,8-9,12-20,26,28H,3-4,6-7,10-11,21-22H2,1-2H3,(H,35,39)/t28-/m0/s1. The van der Waals surface area contributed by atoms with Crippen molar-refractivity contribution in [1.29, 1.82) is 0 Å². The van der Waals surface area contributed by atoms with Crippen molar-refractivity contribution >= 4 is 50.7 Å². The van der Waals surface area contributed by atoms with Crippen LogP contribution in [0.3, 0.4) is 0 Å². The predicted molar refractivity (Wildman–Crippen MR) is 170 cm³/mol. The number of rotatable bonds is 12. The van der Waals surface area contributed by atoms with Gasteiger partial charge in [-0.05, 0) is 67.3 Å². The van der Waals surface area contributed by atoms with Gasteiger partial charge in [0.25, 0.3) is 10.0 Å².